The van der Waals surface area contributed by atoms with Gasteiger partial charge in [0.1, 0.15) is 23.3 Å². The van der Waals surface area contributed by atoms with Crippen LogP contribution in [0, 0.1) is 51.0 Å². The molecule has 4 aromatic rings. The van der Waals surface area contributed by atoms with Crippen molar-refractivity contribution in [2.24, 2.45) is 0 Å². The highest BCUT2D eigenvalue weighted by molar-refractivity contribution is 6.10. The number of halogens is 4. The van der Waals surface area contributed by atoms with Crippen LogP contribution in [-0.4, -0.2) is 4.57 Å². The minimum absolute atomic E-state index is 0.0823. The number of aromatic nitrogens is 1. The van der Waals surface area contributed by atoms with Gasteiger partial charge >= 0.3 is 0 Å². The molecule has 0 unspecified atom stereocenters. The fraction of sp³-hybridized carbons (Fsp3) is 0.182. The molecule has 0 N–H and O–H groups in total. The monoisotopic (exact) mass is 371 g/mol. The van der Waals surface area contributed by atoms with Crippen LogP contribution in [-0.2, 0) is 0 Å². The minimum atomic E-state index is -0.705. The van der Waals surface area contributed by atoms with Crippen LogP contribution in [0.25, 0.3) is 27.5 Å². The van der Waals surface area contributed by atoms with Crippen molar-refractivity contribution in [1.82, 2.24) is 4.57 Å². The number of hydrogen-bond acceptors (Lipinski definition) is 0. The standard InChI is InChI=1S/C22H17F4N/c1-10-5-6-17-14(7-10)20-19(9-16(24)12(3)22(20)26)27(17)18-8-15(23)11(2)21(25)13(18)4/h5-9H,1-4H3. The van der Waals surface area contributed by atoms with E-state index in [9.17, 15) is 17.6 Å². The highest BCUT2D eigenvalue weighted by atomic mass is 19.1. The third kappa shape index (κ3) is 2.37. The fourth-order valence-electron chi connectivity index (χ4n) is 3.64. The van der Waals surface area contributed by atoms with Crippen LogP contribution < -0.4 is 0 Å². The van der Waals surface area contributed by atoms with Gasteiger partial charge in [0.2, 0.25) is 0 Å². The van der Waals surface area contributed by atoms with Gasteiger partial charge in [0.05, 0.1) is 16.7 Å². The molecule has 0 aliphatic heterocycles. The van der Waals surface area contributed by atoms with E-state index in [-0.39, 0.29) is 33.3 Å². The van der Waals surface area contributed by atoms with Gasteiger partial charge in [-0.3, -0.25) is 0 Å². The Balaban J connectivity index is 2.28. The number of fused-ring (bicyclic) bond motifs is 3. The van der Waals surface area contributed by atoms with Gasteiger partial charge in [0.25, 0.3) is 0 Å². The molecule has 0 amide bonds. The maximum Gasteiger partial charge on any atom is 0.139 e. The Bertz CT molecular complexity index is 1250. The van der Waals surface area contributed by atoms with E-state index < -0.39 is 23.3 Å². The van der Waals surface area contributed by atoms with Crippen molar-refractivity contribution in [2.75, 3.05) is 0 Å². The van der Waals surface area contributed by atoms with Crippen LogP contribution >= 0.6 is 0 Å². The van der Waals surface area contributed by atoms with Crippen molar-refractivity contribution in [2.45, 2.75) is 27.7 Å². The molecular formula is C22H17F4N. The molecule has 0 saturated heterocycles. The number of nitrogens with zero attached hydrogens (tertiary/aromatic N) is 1. The molecule has 0 radical (unpaired) electrons. The van der Waals surface area contributed by atoms with E-state index in [1.807, 2.05) is 13.0 Å². The molecule has 138 valence electrons. The maximum absolute atomic E-state index is 15.0. The van der Waals surface area contributed by atoms with Crippen molar-refractivity contribution in [3.63, 3.8) is 0 Å². The van der Waals surface area contributed by atoms with Crippen LogP contribution in [0.5, 0.6) is 0 Å². The van der Waals surface area contributed by atoms with E-state index in [0.29, 0.717) is 10.9 Å². The first-order valence-electron chi connectivity index (χ1n) is 8.57. The van der Waals surface area contributed by atoms with Crippen molar-refractivity contribution in [1.29, 1.82) is 0 Å². The second-order valence-electron chi connectivity index (χ2n) is 6.99. The van der Waals surface area contributed by atoms with E-state index in [1.165, 1.54) is 37.5 Å². The van der Waals surface area contributed by atoms with E-state index in [4.69, 9.17) is 0 Å². The third-order valence-electron chi connectivity index (χ3n) is 5.24. The summed E-state index contributed by atoms with van der Waals surface area (Å²) in [6.07, 6.45) is 0. The van der Waals surface area contributed by atoms with Crippen molar-refractivity contribution < 1.29 is 17.6 Å². The fourth-order valence-corrected chi connectivity index (χ4v) is 3.64. The predicted molar refractivity (Wildman–Crippen MR) is 99.6 cm³/mol. The molecule has 1 aromatic heterocycles. The SMILES string of the molecule is Cc1ccc2c(c1)c1c(F)c(C)c(F)cc1n2-c1cc(F)c(C)c(F)c1C. The molecule has 0 aliphatic rings. The largest absolute Gasteiger partial charge is 0.309 e. The molecular weight excluding hydrogens is 354 g/mol. The van der Waals surface area contributed by atoms with Crippen molar-refractivity contribution in [3.8, 4) is 5.69 Å². The molecule has 1 heterocycles. The summed E-state index contributed by atoms with van der Waals surface area (Å²) in [5, 5.41) is 0.819. The molecule has 0 fully saturated rings. The lowest BCUT2D eigenvalue weighted by atomic mass is 10.1. The number of aryl methyl sites for hydroxylation is 1. The summed E-state index contributed by atoms with van der Waals surface area (Å²) >= 11 is 0. The van der Waals surface area contributed by atoms with E-state index in [0.717, 1.165) is 5.56 Å². The van der Waals surface area contributed by atoms with Crippen LogP contribution in [0.1, 0.15) is 22.3 Å². The lowest BCUT2D eigenvalue weighted by Crippen LogP contribution is -2.04. The van der Waals surface area contributed by atoms with Crippen LogP contribution in [0.15, 0.2) is 30.3 Å². The van der Waals surface area contributed by atoms with Gasteiger partial charge in [-0.2, -0.15) is 0 Å². The first-order chi connectivity index (χ1) is 12.7. The van der Waals surface area contributed by atoms with Crippen LogP contribution in [0.3, 0.4) is 0 Å². The van der Waals surface area contributed by atoms with Gasteiger partial charge in [-0.15, -0.1) is 0 Å². The topological polar surface area (TPSA) is 4.93 Å². The molecule has 0 atom stereocenters. The zero-order valence-corrected chi connectivity index (χ0v) is 15.3. The average molecular weight is 371 g/mol. The molecule has 27 heavy (non-hydrogen) atoms. The van der Waals surface area contributed by atoms with Crippen molar-refractivity contribution in [3.05, 3.63) is 75.9 Å². The summed E-state index contributed by atoms with van der Waals surface area (Å²) in [7, 11) is 0. The number of rotatable bonds is 1. The molecule has 0 saturated carbocycles. The van der Waals surface area contributed by atoms with Gasteiger partial charge in [-0.25, -0.2) is 17.6 Å². The quantitative estimate of drug-likeness (QED) is 0.333. The second kappa shape index (κ2) is 5.84. The predicted octanol–water partition coefficient (Wildman–Crippen LogP) is 6.57. The van der Waals surface area contributed by atoms with Gasteiger partial charge < -0.3 is 4.57 Å². The summed E-state index contributed by atoms with van der Waals surface area (Å²) < 4.78 is 59.7. The summed E-state index contributed by atoms with van der Waals surface area (Å²) in [6, 6.07) is 7.81. The lowest BCUT2D eigenvalue weighted by Gasteiger charge is -2.14. The van der Waals surface area contributed by atoms with Crippen LogP contribution in [0.4, 0.5) is 17.6 Å². The average Bonchev–Trinajstić information content (AvgIpc) is 2.94. The van der Waals surface area contributed by atoms with E-state index in [1.54, 1.807) is 12.1 Å². The van der Waals surface area contributed by atoms with Gasteiger partial charge in [0.15, 0.2) is 0 Å². The molecule has 0 aliphatic carbocycles. The molecule has 0 bridgehead atoms. The van der Waals surface area contributed by atoms with Gasteiger partial charge in [0, 0.05) is 27.5 Å². The molecule has 3 aromatic carbocycles. The first kappa shape index (κ1) is 17.6. The van der Waals surface area contributed by atoms with E-state index >= 15 is 0 Å². The Hall–Kier alpha value is -2.82. The molecule has 0 spiro atoms. The molecule has 4 rings (SSSR count). The zero-order chi connectivity index (χ0) is 19.6. The van der Waals surface area contributed by atoms with Gasteiger partial charge in [-0.05, 0) is 52.0 Å². The van der Waals surface area contributed by atoms with Crippen molar-refractivity contribution >= 4 is 21.8 Å². The van der Waals surface area contributed by atoms with Crippen LogP contribution in [0.2, 0.25) is 0 Å². The number of hydrogen-bond donors (Lipinski definition) is 0. The Kier molecular flexibility index (Phi) is 3.81. The maximum atomic E-state index is 15.0. The Morgan fingerprint density at radius 1 is 0.667 bits per heavy atom. The summed E-state index contributed by atoms with van der Waals surface area (Å²) in [6.45, 7) is 6.14. The minimum Gasteiger partial charge on any atom is -0.309 e. The lowest BCUT2D eigenvalue weighted by molar-refractivity contribution is 0.561. The number of benzene rings is 3. The Labute approximate surface area is 153 Å². The first-order valence-corrected chi connectivity index (χ1v) is 8.57. The highest BCUT2D eigenvalue weighted by Gasteiger charge is 2.22. The zero-order valence-electron chi connectivity index (χ0n) is 15.3. The summed E-state index contributed by atoms with van der Waals surface area (Å²) in [5.41, 5.74) is 1.98. The van der Waals surface area contributed by atoms with E-state index in [2.05, 4.69) is 0 Å². The summed E-state index contributed by atoms with van der Waals surface area (Å²) in [4.78, 5) is 0. The normalized spacial score (nSPS) is 11.7. The third-order valence-corrected chi connectivity index (χ3v) is 5.24. The molecule has 1 nitrogen and oxygen atoms in total. The Morgan fingerprint density at radius 2 is 1.30 bits per heavy atom. The highest BCUT2D eigenvalue weighted by Crippen LogP contribution is 2.37. The second-order valence-corrected chi connectivity index (χ2v) is 6.99. The molecule has 5 heteroatoms. The van der Waals surface area contributed by atoms with Gasteiger partial charge in [-0.1, -0.05) is 11.6 Å². The Morgan fingerprint density at radius 3 is 2.00 bits per heavy atom. The smallest absolute Gasteiger partial charge is 0.139 e. The summed E-state index contributed by atoms with van der Waals surface area (Å²) in [5.74, 6) is -2.74.